The first-order valence-corrected chi connectivity index (χ1v) is 7.15. The molecule has 0 bridgehead atoms. The van der Waals surface area contributed by atoms with Crippen molar-refractivity contribution in [1.29, 1.82) is 0 Å². The summed E-state index contributed by atoms with van der Waals surface area (Å²) in [5.74, 6) is 0.564. The molecule has 0 N–H and O–H groups in total. The first-order valence-electron chi connectivity index (χ1n) is 7.15. The molecule has 0 aromatic rings. The molecule has 2 atom stereocenters. The number of ether oxygens (including phenoxy) is 2. The molecule has 3 heteroatoms. The standard InChI is InChI=1S/C14H29NO2/c1-4-6-8-16-12-13-10-15(3)11-14(13)17-9-7-5-2/h13-14H,4-12H2,1-3H3/t13-,14?/m1/s1. The molecular weight excluding hydrogens is 214 g/mol. The minimum atomic E-state index is 0.383. The summed E-state index contributed by atoms with van der Waals surface area (Å²) >= 11 is 0. The van der Waals surface area contributed by atoms with Crippen LogP contribution in [0.15, 0.2) is 0 Å². The molecular formula is C14H29NO2. The van der Waals surface area contributed by atoms with Gasteiger partial charge >= 0.3 is 0 Å². The first kappa shape index (κ1) is 14.9. The Morgan fingerprint density at radius 2 is 1.76 bits per heavy atom. The van der Waals surface area contributed by atoms with Gasteiger partial charge in [-0.3, -0.25) is 0 Å². The van der Waals surface area contributed by atoms with Crippen molar-refractivity contribution in [1.82, 2.24) is 4.90 Å². The molecule has 1 heterocycles. The highest BCUT2D eigenvalue weighted by atomic mass is 16.5. The molecule has 1 aliphatic heterocycles. The summed E-state index contributed by atoms with van der Waals surface area (Å²) in [4.78, 5) is 2.35. The Bertz CT molecular complexity index is 187. The van der Waals surface area contributed by atoms with E-state index in [0.29, 0.717) is 12.0 Å². The highest BCUT2D eigenvalue weighted by Gasteiger charge is 2.31. The number of hydrogen-bond acceptors (Lipinski definition) is 3. The van der Waals surface area contributed by atoms with Crippen molar-refractivity contribution in [2.24, 2.45) is 5.92 Å². The van der Waals surface area contributed by atoms with Crippen LogP contribution >= 0.6 is 0 Å². The fraction of sp³-hybridized carbons (Fsp3) is 1.00. The summed E-state index contributed by atoms with van der Waals surface area (Å²) in [6, 6.07) is 0. The van der Waals surface area contributed by atoms with E-state index in [1.807, 2.05) is 0 Å². The van der Waals surface area contributed by atoms with Crippen LogP contribution in [0.1, 0.15) is 39.5 Å². The predicted octanol–water partition coefficient (Wildman–Crippen LogP) is 2.55. The zero-order valence-corrected chi connectivity index (χ0v) is 11.8. The Hall–Kier alpha value is -0.120. The van der Waals surface area contributed by atoms with Crippen LogP contribution in [0, 0.1) is 5.92 Å². The lowest BCUT2D eigenvalue weighted by Gasteiger charge is -2.19. The molecule has 1 saturated heterocycles. The Morgan fingerprint density at radius 1 is 1.06 bits per heavy atom. The van der Waals surface area contributed by atoms with Crippen molar-refractivity contribution < 1.29 is 9.47 Å². The van der Waals surface area contributed by atoms with Gasteiger partial charge in [0.25, 0.3) is 0 Å². The van der Waals surface area contributed by atoms with Gasteiger partial charge in [0.05, 0.1) is 12.7 Å². The maximum absolute atomic E-state index is 5.96. The molecule has 1 rings (SSSR count). The third kappa shape index (κ3) is 5.84. The van der Waals surface area contributed by atoms with E-state index in [-0.39, 0.29) is 0 Å². The first-order chi connectivity index (χ1) is 8.27. The van der Waals surface area contributed by atoms with Gasteiger partial charge in [-0.25, -0.2) is 0 Å². The van der Waals surface area contributed by atoms with Crippen molar-refractivity contribution in [3.63, 3.8) is 0 Å². The second-order valence-corrected chi connectivity index (χ2v) is 5.17. The highest BCUT2D eigenvalue weighted by Crippen LogP contribution is 2.19. The van der Waals surface area contributed by atoms with Crippen LogP contribution in [0.2, 0.25) is 0 Å². The average Bonchev–Trinajstić information content (AvgIpc) is 2.66. The molecule has 17 heavy (non-hydrogen) atoms. The van der Waals surface area contributed by atoms with E-state index in [1.54, 1.807) is 0 Å². The lowest BCUT2D eigenvalue weighted by Crippen LogP contribution is -2.27. The molecule has 3 nitrogen and oxygen atoms in total. The zero-order chi connectivity index (χ0) is 12.5. The Kier molecular flexibility index (Phi) is 7.82. The largest absolute Gasteiger partial charge is 0.381 e. The van der Waals surface area contributed by atoms with E-state index >= 15 is 0 Å². The van der Waals surface area contributed by atoms with Gasteiger partial charge in [-0.1, -0.05) is 26.7 Å². The van der Waals surface area contributed by atoms with Crippen LogP contribution in [0.3, 0.4) is 0 Å². The van der Waals surface area contributed by atoms with E-state index in [9.17, 15) is 0 Å². The van der Waals surface area contributed by atoms with E-state index in [1.165, 1.54) is 25.7 Å². The predicted molar refractivity (Wildman–Crippen MR) is 71.4 cm³/mol. The lowest BCUT2D eigenvalue weighted by molar-refractivity contribution is 0.0000258. The van der Waals surface area contributed by atoms with E-state index in [4.69, 9.17) is 9.47 Å². The van der Waals surface area contributed by atoms with Gasteiger partial charge in [0.15, 0.2) is 0 Å². The minimum Gasteiger partial charge on any atom is -0.381 e. The van der Waals surface area contributed by atoms with Gasteiger partial charge in [-0.05, 0) is 19.9 Å². The lowest BCUT2D eigenvalue weighted by atomic mass is 10.1. The van der Waals surface area contributed by atoms with E-state index in [2.05, 4.69) is 25.8 Å². The third-order valence-corrected chi connectivity index (χ3v) is 3.37. The molecule has 1 aliphatic rings. The third-order valence-electron chi connectivity index (χ3n) is 3.37. The molecule has 1 unspecified atom stereocenters. The van der Waals surface area contributed by atoms with Gasteiger partial charge < -0.3 is 14.4 Å². The summed E-state index contributed by atoms with van der Waals surface area (Å²) in [7, 11) is 2.17. The van der Waals surface area contributed by atoms with E-state index in [0.717, 1.165) is 32.9 Å². The summed E-state index contributed by atoms with van der Waals surface area (Å²) in [6.07, 6.45) is 5.14. The Balaban J connectivity index is 2.19. The van der Waals surface area contributed by atoms with Crippen LogP contribution < -0.4 is 0 Å². The van der Waals surface area contributed by atoms with Crippen LogP contribution in [0.25, 0.3) is 0 Å². The number of unbranched alkanes of at least 4 members (excludes halogenated alkanes) is 2. The molecule has 102 valence electrons. The van der Waals surface area contributed by atoms with Crippen LogP contribution in [0.4, 0.5) is 0 Å². The number of nitrogens with zero attached hydrogens (tertiary/aromatic N) is 1. The van der Waals surface area contributed by atoms with Gasteiger partial charge in [0, 0.05) is 32.2 Å². The normalized spacial score (nSPS) is 25.6. The monoisotopic (exact) mass is 243 g/mol. The number of rotatable bonds is 9. The van der Waals surface area contributed by atoms with Crippen molar-refractivity contribution >= 4 is 0 Å². The quantitative estimate of drug-likeness (QED) is 0.581. The van der Waals surface area contributed by atoms with Crippen molar-refractivity contribution in [2.45, 2.75) is 45.6 Å². The second kappa shape index (κ2) is 8.90. The highest BCUT2D eigenvalue weighted by molar-refractivity contribution is 4.83. The number of hydrogen-bond donors (Lipinski definition) is 0. The molecule has 0 radical (unpaired) electrons. The fourth-order valence-electron chi connectivity index (χ4n) is 2.26. The molecule has 0 aliphatic carbocycles. The fourth-order valence-corrected chi connectivity index (χ4v) is 2.26. The summed E-state index contributed by atoms with van der Waals surface area (Å²) in [5, 5.41) is 0. The van der Waals surface area contributed by atoms with Gasteiger partial charge in [-0.2, -0.15) is 0 Å². The van der Waals surface area contributed by atoms with Gasteiger partial charge in [0.2, 0.25) is 0 Å². The van der Waals surface area contributed by atoms with Crippen molar-refractivity contribution in [2.75, 3.05) is 40.0 Å². The second-order valence-electron chi connectivity index (χ2n) is 5.17. The molecule has 0 spiro atoms. The van der Waals surface area contributed by atoms with E-state index < -0.39 is 0 Å². The van der Waals surface area contributed by atoms with Crippen LogP contribution in [-0.2, 0) is 9.47 Å². The summed E-state index contributed by atoms with van der Waals surface area (Å²) < 4.78 is 11.7. The summed E-state index contributed by atoms with van der Waals surface area (Å²) in [6.45, 7) is 9.24. The summed E-state index contributed by atoms with van der Waals surface area (Å²) in [5.41, 5.74) is 0. The Labute approximate surface area is 106 Å². The maximum atomic E-state index is 5.96. The number of likely N-dealkylation sites (tertiary alicyclic amines) is 1. The van der Waals surface area contributed by atoms with Crippen molar-refractivity contribution in [3.8, 4) is 0 Å². The SMILES string of the molecule is CCCCOC[C@H]1CN(C)CC1OCCCC. The number of likely N-dealkylation sites (N-methyl/N-ethyl adjacent to an activating group) is 1. The maximum Gasteiger partial charge on any atom is 0.0764 e. The van der Waals surface area contributed by atoms with Crippen molar-refractivity contribution in [3.05, 3.63) is 0 Å². The van der Waals surface area contributed by atoms with Gasteiger partial charge in [-0.15, -0.1) is 0 Å². The average molecular weight is 243 g/mol. The molecule has 0 amide bonds. The van der Waals surface area contributed by atoms with Crippen LogP contribution in [0.5, 0.6) is 0 Å². The minimum absolute atomic E-state index is 0.383. The topological polar surface area (TPSA) is 21.7 Å². The molecule has 0 saturated carbocycles. The van der Waals surface area contributed by atoms with Gasteiger partial charge in [0.1, 0.15) is 0 Å². The molecule has 0 aromatic carbocycles. The zero-order valence-electron chi connectivity index (χ0n) is 11.8. The van der Waals surface area contributed by atoms with Crippen LogP contribution in [-0.4, -0.2) is 51.0 Å². The Morgan fingerprint density at radius 3 is 2.47 bits per heavy atom. The molecule has 1 fully saturated rings. The molecule has 0 aromatic heterocycles. The smallest absolute Gasteiger partial charge is 0.0764 e.